The number of aromatic nitrogens is 2. The molecule has 1 aromatic carbocycles. The molecule has 0 bridgehead atoms. The first-order valence-corrected chi connectivity index (χ1v) is 9.29. The molecule has 1 amide bonds. The zero-order valence-electron chi connectivity index (χ0n) is 14.5. The molecule has 0 unspecified atom stereocenters. The van der Waals surface area contributed by atoms with Crippen molar-refractivity contribution in [3.05, 3.63) is 67.2 Å². The number of ether oxygens (including phenoxy) is 1. The molecule has 1 aliphatic heterocycles. The van der Waals surface area contributed by atoms with Gasteiger partial charge in [-0.3, -0.25) is 19.1 Å². The molecule has 0 spiro atoms. The molecule has 27 heavy (non-hydrogen) atoms. The van der Waals surface area contributed by atoms with Crippen LogP contribution in [0.15, 0.2) is 44.5 Å². The highest BCUT2D eigenvalue weighted by Gasteiger charge is 2.35. The van der Waals surface area contributed by atoms with Crippen molar-refractivity contribution in [2.75, 3.05) is 19.8 Å². The number of halogens is 2. The molecule has 1 aliphatic rings. The number of carbonyl (C=O) groups is 1. The van der Waals surface area contributed by atoms with E-state index in [0.717, 1.165) is 10.1 Å². The summed E-state index contributed by atoms with van der Waals surface area (Å²) in [4.78, 5) is 37.7. The number of hydrogen-bond donors (Lipinski definition) is 2. The number of aromatic amines is 1. The minimum absolute atomic E-state index is 0.163. The van der Waals surface area contributed by atoms with Crippen LogP contribution in [0.25, 0.3) is 0 Å². The summed E-state index contributed by atoms with van der Waals surface area (Å²) in [6, 6.07) is 6.38. The lowest BCUT2D eigenvalue weighted by Gasteiger charge is -2.38. The van der Waals surface area contributed by atoms with E-state index in [0.29, 0.717) is 32.6 Å². The topological polar surface area (TPSA) is 93.2 Å². The molecule has 2 aromatic rings. The molecule has 144 valence electrons. The summed E-state index contributed by atoms with van der Waals surface area (Å²) in [5, 5.41) is 2.84. The number of amides is 1. The lowest BCUT2D eigenvalue weighted by atomic mass is 9.74. The molecular weight excluding hydrogens is 421 g/mol. The number of hydrogen-bond acceptors (Lipinski definition) is 4. The Morgan fingerprint density at radius 2 is 2.07 bits per heavy atom. The molecule has 0 atom stereocenters. The summed E-state index contributed by atoms with van der Waals surface area (Å²) in [5.41, 5.74) is -0.824. The second-order valence-electron chi connectivity index (χ2n) is 6.54. The van der Waals surface area contributed by atoms with Gasteiger partial charge < -0.3 is 10.1 Å². The molecule has 0 radical (unpaired) electrons. The average molecular weight is 440 g/mol. The maximum atomic E-state index is 13.7. The first-order valence-electron chi connectivity index (χ1n) is 8.49. The second-order valence-corrected chi connectivity index (χ2v) is 7.40. The predicted octanol–water partition coefficient (Wildman–Crippen LogP) is 1.30. The van der Waals surface area contributed by atoms with E-state index in [1.807, 2.05) is 6.07 Å². The van der Waals surface area contributed by atoms with E-state index in [1.54, 1.807) is 6.07 Å². The van der Waals surface area contributed by atoms with Crippen molar-refractivity contribution >= 4 is 21.8 Å². The highest BCUT2D eigenvalue weighted by Crippen LogP contribution is 2.34. The fourth-order valence-corrected chi connectivity index (χ4v) is 3.57. The smallest absolute Gasteiger partial charge is 0.328 e. The van der Waals surface area contributed by atoms with Crippen molar-refractivity contribution in [1.82, 2.24) is 14.9 Å². The summed E-state index contributed by atoms with van der Waals surface area (Å²) in [5.74, 6) is -0.701. The van der Waals surface area contributed by atoms with Crippen LogP contribution < -0.4 is 16.6 Å². The molecule has 9 heteroatoms. The Hall–Kier alpha value is -2.26. The van der Waals surface area contributed by atoms with Crippen LogP contribution in [0.1, 0.15) is 18.4 Å². The van der Waals surface area contributed by atoms with E-state index < -0.39 is 16.7 Å². The van der Waals surface area contributed by atoms with Gasteiger partial charge in [-0.25, -0.2) is 9.18 Å². The Labute approximate surface area is 162 Å². The molecule has 0 saturated carbocycles. The van der Waals surface area contributed by atoms with Crippen molar-refractivity contribution in [2.24, 2.45) is 0 Å². The van der Waals surface area contributed by atoms with Gasteiger partial charge in [-0.15, -0.1) is 0 Å². The fourth-order valence-electron chi connectivity index (χ4n) is 3.23. The summed E-state index contributed by atoms with van der Waals surface area (Å²) >= 11 is 3.03. The van der Waals surface area contributed by atoms with Crippen molar-refractivity contribution in [2.45, 2.75) is 24.8 Å². The van der Waals surface area contributed by atoms with Crippen molar-refractivity contribution in [3.63, 3.8) is 0 Å². The van der Waals surface area contributed by atoms with Gasteiger partial charge in [0.05, 0.1) is 4.47 Å². The Kier molecular flexibility index (Phi) is 5.91. The molecule has 1 saturated heterocycles. The Balaban J connectivity index is 1.74. The van der Waals surface area contributed by atoms with Gasteiger partial charge in [0, 0.05) is 31.4 Å². The van der Waals surface area contributed by atoms with Crippen LogP contribution in [0, 0.1) is 5.82 Å². The molecule has 1 aromatic heterocycles. The van der Waals surface area contributed by atoms with Gasteiger partial charge in [-0.2, -0.15) is 0 Å². The first-order chi connectivity index (χ1) is 12.9. The largest absolute Gasteiger partial charge is 0.381 e. The van der Waals surface area contributed by atoms with Gasteiger partial charge in [0.1, 0.15) is 12.4 Å². The van der Waals surface area contributed by atoms with E-state index in [9.17, 15) is 18.8 Å². The molecule has 7 nitrogen and oxygen atoms in total. The Bertz CT molecular complexity index is 950. The average Bonchev–Trinajstić information content (AvgIpc) is 2.65. The van der Waals surface area contributed by atoms with Crippen LogP contribution in [-0.4, -0.2) is 35.2 Å². The molecule has 0 aliphatic carbocycles. The number of rotatable bonds is 5. The normalized spacial score (nSPS) is 16.1. The summed E-state index contributed by atoms with van der Waals surface area (Å²) in [6.07, 6.45) is 2.58. The van der Waals surface area contributed by atoms with Crippen LogP contribution in [0.4, 0.5) is 4.39 Å². The van der Waals surface area contributed by atoms with Gasteiger partial charge in [-0.05, 0) is 46.5 Å². The van der Waals surface area contributed by atoms with Crippen molar-refractivity contribution < 1.29 is 13.9 Å². The van der Waals surface area contributed by atoms with E-state index in [2.05, 4.69) is 26.2 Å². The predicted molar refractivity (Wildman–Crippen MR) is 100 cm³/mol. The van der Waals surface area contributed by atoms with E-state index in [1.165, 1.54) is 18.3 Å². The third-order valence-electron chi connectivity index (χ3n) is 4.79. The number of carbonyl (C=O) groups excluding carboxylic acids is 1. The molecule has 2 N–H and O–H groups in total. The number of benzene rings is 1. The number of H-pyrrole nitrogens is 1. The standard InChI is InChI=1S/C18H19BrFN3O4/c19-14-9-23(17(26)22-16(14)25)10-15(24)21-11-18(4-6-27-7-5-18)12-2-1-3-13(20)8-12/h1-3,8-9H,4-7,10-11H2,(H,21,24)(H,22,25,26). The molecule has 2 heterocycles. The maximum Gasteiger partial charge on any atom is 0.328 e. The minimum Gasteiger partial charge on any atom is -0.381 e. The van der Waals surface area contributed by atoms with Crippen LogP contribution in [0.5, 0.6) is 0 Å². The zero-order valence-corrected chi connectivity index (χ0v) is 16.1. The first kappa shape index (κ1) is 19.5. The highest BCUT2D eigenvalue weighted by atomic mass is 79.9. The minimum atomic E-state index is -0.663. The van der Waals surface area contributed by atoms with Crippen LogP contribution >= 0.6 is 15.9 Å². The zero-order chi connectivity index (χ0) is 19.4. The van der Waals surface area contributed by atoms with Crippen LogP contribution in [0.2, 0.25) is 0 Å². The Morgan fingerprint density at radius 1 is 1.33 bits per heavy atom. The lowest BCUT2D eigenvalue weighted by molar-refractivity contribution is -0.122. The quantitative estimate of drug-likeness (QED) is 0.734. The van der Waals surface area contributed by atoms with E-state index in [4.69, 9.17) is 4.74 Å². The van der Waals surface area contributed by atoms with Gasteiger partial charge in [0.15, 0.2) is 0 Å². The summed E-state index contributed by atoms with van der Waals surface area (Å²) < 4.78 is 20.4. The third-order valence-corrected chi connectivity index (χ3v) is 5.36. The molecular formula is C18H19BrFN3O4. The fraction of sp³-hybridized carbons (Fsp3) is 0.389. The van der Waals surface area contributed by atoms with Gasteiger partial charge in [0.2, 0.25) is 5.91 Å². The van der Waals surface area contributed by atoms with Gasteiger partial charge in [-0.1, -0.05) is 12.1 Å². The summed E-state index contributed by atoms with van der Waals surface area (Å²) in [6.45, 7) is 1.12. The van der Waals surface area contributed by atoms with E-state index in [-0.39, 0.29) is 22.7 Å². The monoisotopic (exact) mass is 439 g/mol. The maximum absolute atomic E-state index is 13.7. The van der Waals surface area contributed by atoms with Crippen LogP contribution in [-0.2, 0) is 21.5 Å². The van der Waals surface area contributed by atoms with Crippen molar-refractivity contribution in [3.8, 4) is 0 Å². The summed E-state index contributed by atoms with van der Waals surface area (Å²) in [7, 11) is 0. The SMILES string of the molecule is O=C(Cn1cc(Br)c(=O)[nH]c1=O)NCC1(c2cccc(F)c2)CCOCC1. The molecule has 1 fully saturated rings. The van der Waals surface area contributed by atoms with Gasteiger partial charge >= 0.3 is 5.69 Å². The van der Waals surface area contributed by atoms with Crippen LogP contribution in [0.3, 0.4) is 0 Å². The lowest BCUT2D eigenvalue weighted by Crippen LogP contribution is -2.46. The second kappa shape index (κ2) is 8.18. The van der Waals surface area contributed by atoms with Gasteiger partial charge in [0.25, 0.3) is 5.56 Å². The van der Waals surface area contributed by atoms with Crippen molar-refractivity contribution in [1.29, 1.82) is 0 Å². The highest BCUT2D eigenvalue weighted by molar-refractivity contribution is 9.10. The molecule has 3 rings (SSSR count). The number of nitrogens with zero attached hydrogens (tertiary/aromatic N) is 1. The van der Waals surface area contributed by atoms with E-state index >= 15 is 0 Å². The third kappa shape index (κ3) is 4.54. The Morgan fingerprint density at radius 3 is 2.78 bits per heavy atom. The number of nitrogens with one attached hydrogen (secondary N) is 2.